The van der Waals surface area contributed by atoms with E-state index >= 15 is 0 Å². The van der Waals surface area contributed by atoms with Crippen LogP contribution in [0.2, 0.25) is 0 Å². The van der Waals surface area contributed by atoms with Gasteiger partial charge in [0, 0.05) is 36.9 Å². The van der Waals surface area contributed by atoms with E-state index in [2.05, 4.69) is 39.5 Å². The van der Waals surface area contributed by atoms with Gasteiger partial charge in [-0.05, 0) is 44.1 Å². The molecule has 0 radical (unpaired) electrons. The van der Waals surface area contributed by atoms with Crippen LogP contribution in [0.4, 0.5) is 0 Å². The zero-order chi connectivity index (χ0) is 13.1. The number of pyridine rings is 1. The fourth-order valence-electron chi connectivity index (χ4n) is 2.95. The molecular formula is C15H22N4. The maximum absolute atomic E-state index is 4.34. The van der Waals surface area contributed by atoms with E-state index in [1.807, 2.05) is 12.3 Å². The zero-order valence-electron chi connectivity index (χ0n) is 11.5. The highest BCUT2D eigenvalue weighted by atomic mass is 15.1. The van der Waals surface area contributed by atoms with Crippen LogP contribution in [0.5, 0.6) is 0 Å². The van der Waals surface area contributed by atoms with Gasteiger partial charge in [-0.25, -0.2) is 4.98 Å². The van der Waals surface area contributed by atoms with Crippen molar-refractivity contribution in [3.8, 4) is 0 Å². The molecule has 102 valence electrons. The third-order valence-electron chi connectivity index (χ3n) is 3.92. The van der Waals surface area contributed by atoms with Crippen molar-refractivity contribution in [3.05, 3.63) is 30.1 Å². The molecule has 19 heavy (non-hydrogen) atoms. The first kappa shape index (κ1) is 12.6. The first-order valence-corrected chi connectivity index (χ1v) is 7.16. The van der Waals surface area contributed by atoms with E-state index < -0.39 is 0 Å². The van der Waals surface area contributed by atoms with Crippen LogP contribution in [0.1, 0.15) is 24.8 Å². The molecule has 0 aliphatic carbocycles. The van der Waals surface area contributed by atoms with E-state index in [4.69, 9.17) is 0 Å². The minimum absolute atomic E-state index is 0.655. The van der Waals surface area contributed by atoms with Crippen LogP contribution in [0.15, 0.2) is 24.5 Å². The average molecular weight is 258 g/mol. The number of hydrogen-bond acceptors (Lipinski definition) is 3. The Morgan fingerprint density at radius 2 is 2.37 bits per heavy atom. The number of aromatic nitrogens is 2. The normalized spacial score (nSPS) is 20.2. The zero-order valence-corrected chi connectivity index (χ0v) is 11.5. The highest BCUT2D eigenvalue weighted by Crippen LogP contribution is 2.17. The van der Waals surface area contributed by atoms with Crippen LogP contribution in [0, 0.1) is 0 Å². The first-order valence-electron chi connectivity index (χ1n) is 7.16. The first-order chi connectivity index (χ1) is 9.33. The second-order valence-electron chi connectivity index (χ2n) is 5.56. The topological polar surface area (TPSA) is 44.0 Å². The molecule has 1 saturated heterocycles. The quantitative estimate of drug-likeness (QED) is 0.883. The van der Waals surface area contributed by atoms with Crippen molar-refractivity contribution < 1.29 is 0 Å². The number of H-pyrrole nitrogens is 1. The summed E-state index contributed by atoms with van der Waals surface area (Å²) < 4.78 is 0. The van der Waals surface area contributed by atoms with Gasteiger partial charge < -0.3 is 15.2 Å². The van der Waals surface area contributed by atoms with Gasteiger partial charge in [-0.15, -0.1) is 0 Å². The maximum Gasteiger partial charge on any atom is 0.137 e. The van der Waals surface area contributed by atoms with Gasteiger partial charge in [0.2, 0.25) is 0 Å². The average Bonchev–Trinajstić information content (AvgIpc) is 2.83. The van der Waals surface area contributed by atoms with Gasteiger partial charge in [-0.2, -0.15) is 0 Å². The summed E-state index contributed by atoms with van der Waals surface area (Å²) in [7, 11) is 2.20. The van der Waals surface area contributed by atoms with Crippen molar-refractivity contribution in [2.75, 3.05) is 20.1 Å². The van der Waals surface area contributed by atoms with Gasteiger partial charge >= 0.3 is 0 Å². The SMILES string of the molecule is CN(Cc1c[nH]c2ncccc12)CC1CCCCN1. The smallest absolute Gasteiger partial charge is 0.137 e. The largest absolute Gasteiger partial charge is 0.346 e. The Morgan fingerprint density at radius 1 is 1.42 bits per heavy atom. The van der Waals surface area contributed by atoms with Crippen molar-refractivity contribution in [1.82, 2.24) is 20.2 Å². The monoisotopic (exact) mass is 258 g/mol. The summed E-state index contributed by atoms with van der Waals surface area (Å²) in [6.07, 6.45) is 7.91. The Bertz CT molecular complexity index is 528. The molecule has 3 heterocycles. The van der Waals surface area contributed by atoms with Crippen molar-refractivity contribution >= 4 is 11.0 Å². The van der Waals surface area contributed by atoms with Gasteiger partial charge in [0.05, 0.1) is 0 Å². The molecule has 3 rings (SSSR count). The highest BCUT2D eigenvalue weighted by Gasteiger charge is 2.15. The number of rotatable bonds is 4. The van der Waals surface area contributed by atoms with E-state index in [-0.39, 0.29) is 0 Å². The van der Waals surface area contributed by atoms with Crippen LogP contribution in [-0.4, -0.2) is 41.0 Å². The highest BCUT2D eigenvalue weighted by molar-refractivity contribution is 5.79. The number of nitrogens with zero attached hydrogens (tertiary/aromatic N) is 2. The van der Waals surface area contributed by atoms with E-state index in [9.17, 15) is 0 Å². The van der Waals surface area contributed by atoms with Gasteiger partial charge in [0.1, 0.15) is 5.65 Å². The molecule has 4 nitrogen and oxygen atoms in total. The van der Waals surface area contributed by atoms with Crippen LogP contribution in [-0.2, 0) is 6.54 Å². The van der Waals surface area contributed by atoms with E-state index in [0.717, 1.165) is 18.7 Å². The predicted molar refractivity (Wildman–Crippen MR) is 78.1 cm³/mol. The molecule has 4 heteroatoms. The third-order valence-corrected chi connectivity index (χ3v) is 3.92. The number of piperidine rings is 1. The maximum atomic E-state index is 4.34. The van der Waals surface area contributed by atoms with E-state index in [1.54, 1.807) is 0 Å². The van der Waals surface area contributed by atoms with Gasteiger partial charge in [-0.1, -0.05) is 6.42 Å². The molecule has 0 amide bonds. The minimum Gasteiger partial charge on any atom is -0.346 e. The summed E-state index contributed by atoms with van der Waals surface area (Å²) >= 11 is 0. The molecule has 1 unspecified atom stereocenters. The summed E-state index contributed by atoms with van der Waals surface area (Å²) in [6, 6.07) is 4.80. The van der Waals surface area contributed by atoms with Crippen LogP contribution in [0.25, 0.3) is 11.0 Å². The molecule has 2 aromatic heterocycles. The lowest BCUT2D eigenvalue weighted by Gasteiger charge is -2.28. The lowest BCUT2D eigenvalue weighted by atomic mass is 10.0. The molecule has 2 aromatic rings. The van der Waals surface area contributed by atoms with Crippen LogP contribution >= 0.6 is 0 Å². The molecule has 0 bridgehead atoms. The fraction of sp³-hybridized carbons (Fsp3) is 0.533. The lowest BCUT2D eigenvalue weighted by Crippen LogP contribution is -2.42. The Morgan fingerprint density at radius 3 is 3.21 bits per heavy atom. The number of nitrogens with one attached hydrogen (secondary N) is 2. The van der Waals surface area contributed by atoms with Crippen molar-refractivity contribution in [1.29, 1.82) is 0 Å². The van der Waals surface area contributed by atoms with Gasteiger partial charge in [0.25, 0.3) is 0 Å². The molecule has 0 spiro atoms. The molecule has 1 aliphatic rings. The number of fused-ring (bicyclic) bond motifs is 1. The molecule has 1 fully saturated rings. The summed E-state index contributed by atoms with van der Waals surface area (Å²) in [4.78, 5) is 9.98. The van der Waals surface area contributed by atoms with Crippen LogP contribution < -0.4 is 5.32 Å². The van der Waals surface area contributed by atoms with Crippen LogP contribution in [0.3, 0.4) is 0 Å². The van der Waals surface area contributed by atoms with Crippen molar-refractivity contribution in [3.63, 3.8) is 0 Å². The molecule has 0 aromatic carbocycles. The van der Waals surface area contributed by atoms with Gasteiger partial charge in [0.15, 0.2) is 0 Å². The van der Waals surface area contributed by atoms with Gasteiger partial charge in [-0.3, -0.25) is 0 Å². The predicted octanol–water partition coefficient (Wildman–Crippen LogP) is 2.14. The van der Waals surface area contributed by atoms with E-state index in [0.29, 0.717) is 6.04 Å². The fourth-order valence-corrected chi connectivity index (χ4v) is 2.95. The Balaban J connectivity index is 1.63. The standard InChI is InChI=1S/C15H22N4/c1-19(11-13-5-2-3-7-16-13)10-12-9-18-15-14(12)6-4-8-17-15/h4,6,8-9,13,16H,2-3,5,7,10-11H2,1H3,(H,17,18). The number of likely N-dealkylation sites (N-methyl/N-ethyl adjacent to an activating group) is 1. The molecular weight excluding hydrogens is 236 g/mol. The Labute approximate surface area is 114 Å². The Kier molecular flexibility index (Phi) is 3.80. The summed E-state index contributed by atoms with van der Waals surface area (Å²) in [5.41, 5.74) is 2.32. The summed E-state index contributed by atoms with van der Waals surface area (Å²) in [5, 5.41) is 4.85. The molecule has 2 N–H and O–H groups in total. The van der Waals surface area contributed by atoms with Crippen molar-refractivity contribution in [2.45, 2.75) is 31.8 Å². The third kappa shape index (κ3) is 2.96. The minimum atomic E-state index is 0.655. The summed E-state index contributed by atoms with van der Waals surface area (Å²) in [5.74, 6) is 0. The second kappa shape index (κ2) is 5.72. The second-order valence-corrected chi connectivity index (χ2v) is 5.56. The molecule has 1 atom stereocenters. The lowest BCUT2D eigenvalue weighted by molar-refractivity contribution is 0.257. The number of aromatic amines is 1. The van der Waals surface area contributed by atoms with E-state index in [1.165, 1.54) is 36.8 Å². The summed E-state index contributed by atoms with van der Waals surface area (Å²) in [6.45, 7) is 3.27. The van der Waals surface area contributed by atoms with Crippen molar-refractivity contribution in [2.24, 2.45) is 0 Å². The molecule has 0 saturated carbocycles. The Hall–Kier alpha value is -1.39. The molecule has 1 aliphatic heterocycles. The number of hydrogen-bond donors (Lipinski definition) is 2.